The summed E-state index contributed by atoms with van der Waals surface area (Å²) in [7, 11) is -3.59. The van der Waals surface area contributed by atoms with Gasteiger partial charge >= 0.3 is 6.18 Å². The van der Waals surface area contributed by atoms with Crippen LogP contribution in [0, 0.1) is 0 Å². The molecule has 4 heterocycles. The molecule has 1 fully saturated rings. The number of methoxy groups -OCH3 is 1. The molecule has 5 rings (SSSR count). The Morgan fingerprint density at radius 2 is 1.88 bits per heavy atom. The average molecular weight is 640 g/mol. The minimum absolute atomic E-state index is 0.105. The number of alkyl halides is 3. The zero-order valence-corrected chi connectivity index (χ0v) is 24.9. The van der Waals surface area contributed by atoms with Crippen LogP contribution in [0.4, 0.5) is 24.5 Å². The highest BCUT2D eigenvalue weighted by atomic mass is 32.2. The van der Waals surface area contributed by atoms with Gasteiger partial charge in [0.2, 0.25) is 15.9 Å². The van der Waals surface area contributed by atoms with Crippen molar-refractivity contribution in [2.24, 2.45) is 0 Å². The highest BCUT2D eigenvalue weighted by Crippen LogP contribution is 2.34. The Kier molecular flexibility index (Phi) is 8.60. The van der Waals surface area contributed by atoms with E-state index in [1.807, 2.05) is 18.6 Å². The molecular weight excluding hydrogens is 611 g/mol. The monoisotopic (exact) mass is 639 g/mol. The lowest BCUT2D eigenvalue weighted by molar-refractivity contribution is -0.106. The van der Waals surface area contributed by atoms with Gasteiger partial charge in [0.25, 0.3) is 5.91 Å². The number of sulfonamides is 1. The lowest BCUT2D eigenvalue weighted by atomic mass is 10.0. The molecule has 1 aliphatic rings. The molecule has 0 radical (unpaired) electrons. The van der Waals surface area contributed by atoms with E-state index in [1.165, 1.54) is 36.9 Å². The van der Waals surface area contributed by atoms with Gasteiger partial charge in [0.05, 0.1) is 43.3 Å². The van der Waals surface area contributed by atoms with Crippen LogP contribution in [-0.2, 0) is 21.3 Å². The standard InChI is InChI=1S/C26H28F3N7O5S2/c1-14-9-36(10-15(2)41-14)11-23-32-22(12-42-23)24(37)33-19-4-16(5-20-18(19)8-31-34-20)17-6-21(25(40-3)30-7-17)35-43(38,39)13-26(27,28)29/h4-8,12,14-15,35H,9-11,13H2,1-3H3,(H,31,34)(H,33,37)/t14-,15?/m0/s1. The van der Waals surface area contributed by atoms with E-state index < -0.39 is 27.9 Å². The number of fused-ring (bicyclic) bond motifs is 1. The number of anilines is 2. The van der Waals surface area contributed by atoms with Crippen LogP contribution >= 0.6 is 11.3 Å². The summed E-state index contributed by atoms with van der Waals surface area (Å²) in [5, 5.41) is 12.8. The third-order valence-corrected chi connectivity index (χ3v) is 8.51. The average Bonchev–Trinajstić information content (AvgIpc) is 3.56. The zero-order valence-electron chi connectivity index (χ0n) is 23.2. The van der Waals surface area contributed by atoms with Crippen LogP contribution < -0.4 is 14.8 Å². The number of hydrogen-bond acceptors (Lipinski definition) is 10. The van der Waals surface area contributed by atoms with Gasteiger partial charge in [-0.1, -0.05) is 0 Å². The molecule has 43 heavy (non-hydrogen) atoms. The van der Waals surface area contributed by atoms with E-state index in [-0.39, 0.29) is 29.5 Å². The summed E-state index contributed by atoms with van der Waals surface area (Å²) in [5.41, 5.74) is 1.68. The van der Waals surface area contributed by atoms with Crippen LogP contribution in [0.25, 0.3) is 22.0 Å². The predicted octanol–water partition coefficient (Wildman–Crippen LogP) is 4.26. The molecule has 3 N–H and O–H groups in total. The number of thiazole rings is 1. The van der Waals surface area contributed by atoms with Crippen LogP contribution in [0.5, 0.6) is 5.88 Å². The number of nitrogens with one attached hydrogen (secondary N) is 3. The number of morpholine rings is 1. The lowest BCUT2D eigenvalue weighted by Gasteiger charge is -2.34. The maximum atomic E-state index is 13.2. The maximum Gasteiger partial charge on any atom is 0.404 e. The Balaban J connectivity index is 1.39. The van der Waals surface area contributed by atoms with Crippen molar-refractivity contribution < 1.29 is 35.9 Å². The molecule has 230 valence electrons. The summed E-state index contributed by atoms with van der Waals surface area (Å²) in [5.74, 6) is -2.74. The van der Waals surface area contributed by atoms with Gasteiger partial charge in [-0.25, -0.2) is 18.4 Å². The summed E-state index contributed by atoms with van der Waals surface area (Å²) < 4.78 is 75.3. The predicted molar refractivity (Wildman–Crippen MR) is 155 cm³/mol. The van der Waals surface area contributed by atoms with E-state index >= 15 is 0 Å². The molecule has 1 saturated heterocycles. The van der Waals surface area contributed by atoms with E-state index in [9.17, 15) is 26.4 Å². The number of ether oxygens (including phenoxy) is 2. The highest BCUT2D eigenvalue weighted by Gasteiger charge is 2.35. The van der Waals surface area contributed by atoms with Crippen molar-refractivity contribution in [3.8, 4) is 17.0 Å². The fourth-order valence-corrected chi connectivity index (χ4v) is 6.67. The molecule has 3 aromatic heterocycles. The summed E-state index contributed by atoms with van der Waals surface area (Å²) in [6, 6.07) is 4.60. The number of carbonyl (C=O) groups excluding carboxylic acids is 1. The van der Waals surface area contributed by atoms with Crippen LogP contribution in [0.15, 0.2) is 36.0 Å². The number of rotatable bonds is 9. The largest absolute Gasteiger partial charge is 0.480 e. The third kappa shape index (κ3) is 7.59. The zero-order chi connectivity index (χ0) is 30.9. The summed E-state index contributed by atoms with van der Waals surface area (Å²) in [6.45, 7) is 6.16. The summed E-state index contributed by atoms with van der Waals surface area (Å²) >= 11 is 1.38. The van der Waals surface area contributed by atoms with Gasteiger partial charge in [0.1, 0.15) is 16.4 Å². The second-order valence-corrected chi connectivity index (χ2v) is 12.8. The second kappa shape index (κ2) is 12.1. The molecule has 2 atom stereocenters. The number of aromatic nitrogens is 4. The number of amides is 1. The number of hydrogen-bond donors (Lipinski definition) is 3. The topological polar surface area (TPSA) is 151 Å². The molecule has 4 aromatic rings. The Labute approximate surface area is 248 Å². The van der Waals surface area contributed by atoms with Gasteiger partial charge in [0.15, 0.2) is 5.75 Å². The van der Waals surface area contributed by atoms with Crippen molar-refractivity contribution in [1.29, 1.82) is 0 Å². The van der Waals surface area contributed by atoms with Gasteiger partial charge in [-0.2, -0.15) is 18.3 Å². The smallest absolute Gasteiger partial charge is 0.404 e. The maximum absolute atomic E-state index is 13.2. The molecule has 12 nitrogen and oxygen atoms in total. The minimum Gasteiger partial charge on any atom is -0.480 e. The van der Waals surface area contributed by atoms with Crippen molar-refractivity contribution in [3.05, 3.63) is 46.7 Å². The highest BCUT2D eigenvalue weighted by molar-refractivity contribution is 7.92. The third-order valence-electron chi connectivity index (χ3n) is 6.44. The molecule has 1 aromatic carbocycles. The van der Waals surface area contributed by atoms with Crippen LogP contribution in [-0.4, -0.2) is 83.7 Å². The number of halogens is 3. The molecule has 1 unspecified atom stereocenters. The normalized spacial score (nSPS) is 18.1. The van der Waals surface area contributed by atoms with E-state index in [1.54, 1.807) is 17.5 Å². The molecule has 0 spiro atoms. The first kappa shape index (κ1) is 30.7. The van der Waals surface area contributed by atoms with Crippen LogP contribution in [0.2, 0.25) is 0 Å². The number of benzene rings is 1. The molecule has 0 bridgehead atoms. The number of carbonyl (C=O) groups is 1. The van der Waals surface area contributed by atoms with Crippen molar-refractivity contribution in [3.63, 3.8) is 0 Å². The van der Waals surface area contributed by atoms with Crippen LogP contribution in [0.3, 0.4) is 0 Å². The molecule has 0 saturated carbocycles. The Bertz CT molecular complexity index is 1730. The first-order chi connectivity index (χ1) is 20.3. The van der Waals surface area contributed by atoms with Crippen LogP contribution in [0.1, 0.15) is 29.3 Å². The molecule has 1 amide bonds. The molecule has 1 aliphatic heterocycles. The van der Waals surface area contributed by atoms with Gasteiger partial charge < -0.3 is 14.8 Å². The fraction of sp³-hybridized carbons (Fsp3) is 0.385. The molecular formula is C26H28F3N7O5S2. The van der Waals surface area contributed by atoms with E-state index in [4.69, 9.17) is 9.47 Å². The Morgan fingerprint density at radius 1 is 1.16 bits per heavy atom. The summed E-state index contributed by atoms with van der Waals surface area (Å²) in [6.07, 6.45) is -1.84. The molecule has 0 aliphatic carbocycles. The van der Waals surface area contributed by atoms with Crippen molar-refractivity contribution in [1.82, 2.24) is 25.1 Å². The van der Waals surface area contributed by atoms with E-state index in [0.29, 0.717) is 34.3 Å². The number of H-pyrrole nitrogens is 1. The first-order valence-corrected chi connectivity index (χ1v) is 15.5. The Morgan fingerprint density at radius 3 is 2.58 bits per heavy atom. The number of nitrogens with zero attached hydrogens (tertiary/aromatic N) is 4. The van der Waals surface area contributed by atoms with Gasteiger partial charge in [-0.05, 0) is 37.6 Å². The van der Waals surface area contributed by atoms with Gasteiger partial charge in [0, 0.05) is 35.6 Å². The van der Waals surface area contributed by atoms with Gasteiger partial charge in [-0.3, -0.25) is 19.5 Å². The number of aromatic amines is 1. The lowest BCUT2D eigenvalue weighted by Crippen LogP contribution is -2.44. The van der Waals surface area contributed by atoms with Gasteiger partial charge in [-0.15, -0.1) is 11.3 Å². The SMILES string of the molecule is COc1ncc(-c2cc(NC(=O)c3csc(CN4CC(C)O[C@@H](C)C4)n3)c3cn[nH]c3c2)cc1NS(=O)(=O)CC(F)(F)F. The number of pyridine rings is 1. The minimum atomic E-state index is -4.94. The first-order valence-electron chi connectivity index (χ1n) is 13.0. The van der Waals surface area contributed by atoms with Crippen molar-refractivity contribution >= 4 is 49.5 Å². The molecule has 17 heteroatoms. The van der Waals surface area contributed by atoms with Crippen molar-refractivity contribution in [2.75, 3.05) is 36.0 Å². The van der Waals surface area contributed by atoms with E-state index in [2.05, 4.69) is 30.4 Å². The fourth-order valence-electron chi connectivity index (χ4n) is 4.87. The quantitative estimate of drug-likeness (QED) is 0.244. The summed E-state index contributed by atoms with van der Waals surface area (Å²) in [4.78, 5) is 24.0. The van der Waals surface area contributed by atoms with Crippen molar-refractivity contribution in [2.45, 2.75) is 38.8 Å². The second-order valence-electron chi connectivity index (χ2n) is 10.1. The van der Waals surface area contributed by atoms with E-state index in [0.717, 1.165) is 18.1 Å². The Hall–Kier alpha value is -3.80.